The lowest BCUT2D eigenvalue weighted by Crippen LogP contribution is -2.51. The number of rotatable bonds is 4. The van der Waals surface area contributed by atoms with Gasteiger partial charge in [0.2, 0.25) is 0 Å². The third-order valence-electron chi connectivity index (χ3n) is 4.48. The number of nitrogens with zero attached hydrogens (tertiary/aromatic N) is 1. The summed E-state index contributed by atoms with van der Waals surface area (Å²) in [4.78, 5) is 50.0. The number of hydrogen-bond acceptors (Lipinski definition) is 4. The molecule has 0 bridgehead atoms. The molecule has 0 aromatic heterocycles. The third-order valence-corrected chi connectivity index (χ3v) is 4.48. The fraction of sp³-hybridized carbons (Fsp3) is 0.158. The number of nitrogens with one attached hydrogen (secondary N) is 2. The van der Waals surface area contributed by atoms with Crippen LogP contribution in [0.3, 0.4) is 0 Å². The summed E-state index contributed by atoms with van der Waals surface area (Å²) >= 11 is 0. The third kappa shape index (κ3) is 3.01. The van der Waals surface area contributed by atoms with Crippen LogP contribution in [-0.2, 0) is 15.1 Å². The van der Waals surface area contributed by atoms with Gasteiger partial charge in [-0.15, -0.1) is 0 Å². The lowest BCUT2D eigenvalue weighted by Gasteiger charge is -2.28. The molecule has 1 heterocycles. The zero-order valence-corrected chi connectivity index (χ0v) is 14.5. The van der Waals surface area contributed by atoms with E-state index in [9.17, 15) is 19.2 Å². The summed E-state index contributed by atoms with van der Waals surface area (Å²) in [6.45, 7) is 1.35. The number of carbonyl (C=O) groups excluding carboxylic acids is 4. The number of imide groups is 2. The monoisotopic (exact) mass is 366 g/mol. The minimum Gasteiger partial charge on any atom is -0.351 e. The van der Waals surface area contributed by atoms with Gasteiger partial charge in [0.05, 0.1) is 0 Å². The van der Waals surface area contributed by atoms with Gasteiger partial charge in [-0.1, -0.05) is 60.7 Å². The van der Waals surface area contributed by atoms with Gasteiger partial charge in [-0.2, -0.15) is 0 Å². The van der Waals surface area contributed by atoms with E-state index < -0.39 is 35.5 Å². The summed E-state index contributed by atoms with van der Waals surface area (Å²) in [7, 11) is 0. The van der Waals surface area contributed by atoms with Crippen molar-refractivity contribution in [3.63, 3.8) is 0 Å². The van der Waals surface area contributed by atoms with Crippen LogP contribution in [0, 0.1) is 0 Å². The van der Waals surface area contributed by atoms with Crippen molar-refractivity contribution in [1.82, 2.24) is 15.5 Å². The molecule has 1 saturated heterocycles. The Hall–Kier alpha value is -3.68. The molecule has 2 aromatic rings. The van der Waals surface area contributed by atoms with Gasteiger partial charge in [-0.05, 0) is 18.1 Å². The number of hydrogen-bond donors (Lipinski definition) is 3. The second-order valence-electron chi connectivity index (χ2n) is 6.12. The number of primary amides is 1. The van der Waals surface area contributed by atoms with Crippen LogP contribution in [-0.4, -0.2) is 34.8 Å². The van der Waals surface area contributed by atoms with Crippen molar-refractivity contribution in [3.8, 4) is 0 Å². The SMILES string of the molecule is C[C@@H](C(=O)NC(N)=O)N1C(=O)NC(c2ccccc2)(c2ccccc2)C1=O. The van der Waals surface area contributed by atoms with Crippen molar-refractivity contribution in [2.24, 2.45) is 5.73 Å². The topological polar surface area (TPSA) is 122 Å². The molecule has 0 unspecified atom stereocenters. The second kappa shape index (κ2) is 6.91. The zero-order chi connectivity index (χ0) is 19.6. The Morgan fingerprint density at radius 2 is 1.48 bits per heavy atom. The molecule has 0 spiro atoms. The number of amides is 6. The first kappa shape index (κ1) is 18.1. The Morgan fingerprint density at radius 3 is 1.93 bits per heavy atom. The van der Waals surface area contributed by atoms with E-state index in [-0.39, 0.29) is 0 Å². The van der Waals surface area contributed by atoms with Crippen molar-refractivity contribution in [2.75, 3.05) is 0 Å². The van der Waals surface area contributed by atoms with Gasteiger partial charge in [0, 0.05) is 0 Å². The smallest absolute Gasteiger partial charge is 0.326 e. The Labute approximate surface area is 155 Å². The van der Waals surface area contributed by atoms with Gasteiger partial charge < -0.3 is 11.1 Å². The van der Waals surface area contributed by atoms with Crippen molar-refractivity contribution in [3.05, 3.63) is 71.8 Å². The average Bonchev–Trinajstić information content (AvgIpc) is 2.93. The van der Waals surface area contributed by atoms with E-state index in [4.69, 9.17) is 5.73 Å². The number of carbonyl (C=O) groups is 4. The molecule has 138 valence electrons. The highest BCUT2D eigenvalue weighted by Gasteiger charge is 2.55. The van der Waals surface area contributed by atoms with E-state index in [1.807, 2.05) is 5.32 Å². The van der Waals surface area contributed by atoms with Gasteiger partial charge in [-0.25, -0.2) is 14.5 Å². The highest BCUT2D eigenvalue weighted by molar-refractivity contribution is 6.12. The van der Waals surface area contributed by atoms with Crippen molar-refractivity contribution >= 4 is 23.9 Å². The highest BCUT2D eigenvalue weighted by Crippen LogP contribution is 2.36. The maximum absolute atomic E-state index is 13.4. The lowest BCUT2D eigenvalue weighted by molar-refractivity contribution is -0.136. The van der Waals surface area contributed by atoms with Crippen LogP contribution in [0.15, 0.2) is 60.7 Å². The molecule has 2 aromatic carbocycles. The first-order valence-corrected chi connectivity index (χ1v) is 8.25. The minimum atomic E-state index is -1.47. The Kier molecular flexibility index (Phi) is 4.64. The van der Waals surface area contributed by atoms with Gasteiger partial charge in [-0.3, -0.25) is 14.9 Å². The molecule has 0 saturated carbocycles. The minimum absolute atomic E-state index is 0.555. The summed E-state index contributed by atoms with van der Waals surface area (Å²) in [6, 6.07) is 14.5. The van der Waals surface area contributed by atoms with Crippen LogP contribution in [0.1, 0.15) is 18.1 Å². The summed E-state index contributed by atoms with van der Waals surface area (Å²) in [5, 5.41) is 4.62. The Balaban J connectivity index is 2.09. The highest BCUT2D eigenvalue weighted by atomic mass is 16.2. The maximum Gasteiger partial charge on any atom is 0.326 e. The molecule has 3 rings (SSSR count). The van der Waals surface area contributed by atoms with Crippen LogP contribution < -0.4 is 16.4 Å². The lowest BCUT2D eigenvalue weighted by atomic mass is 9.82. The molecule has 4 N–H and O–H groups in total. The van der Waals surface area contributed by atoms with E-state index in [0.29, 0.717) is 11.1 Å². The molecule has 1 fully saturated rings. The summed E-state index contributed by atoms with van der Waals surface area (Å²) in [5.41, 5.74) is 4.60. The quantitative estimate of drug-likeness (QED) is 0.701. The largest absolute Gasteiger partial charge is 0.351 e. The molecule has 8 heteroatoms. The standard InChI is InChI=1S/C19H18N4O4/c1-12(15(24)21-17(20)26)23-16(25)19(22-18(23)27,13-8-4-2-5-9-13)14-10-6-3-7-11-14/h2-12H,1H3,(H,22,27)(H3,20,21,24,26)/t12-/m0/s1. The maximum atomic E-state index is 13.4. The first-order valence-electron chi connectivity index (χ1n) is 8.25. The normalized spacial score (nSPS) is 16.6. The first-order chi connectivity index (χ1) is 12.9. The van der Waals surface area contributed by atoms with Crippen LogP contribution >= 0.6 is 0 Å². The molecule has 0 radical (unpaired) electrons. The predicted molar refractivity (Wildman–Crippen MR) is 96.2 cm³/mol. The summed E-state index contributed by atoms with van der Waals surface area (Å²) < 4.78 is 0. The number of nitrogens with two attached hydrogens (primary N) is 1. The van der Waals surface area contributed by atoms with E-state index in [0.717, 1.165) is 4.90 Å². The van der Waals surface area contributed by atoms with Crippen LogP contribution in [0.2, 0.25) is 0 Å². The van der Waals surface area contributed by atoms with Gasteiger partial charge in [0.1, 0.15) is 6.04 Å². The number of urea groups is 2. The summed E-state index contributed by atoms with van der Waals surface area (Å²) in [6.07, 6.45) is 0. The van der Waals surface area contributed by atoms with Gasteiger partial charge in [0.25, 0.3) is 11.8 Å². The van der Waals surface area contributed by atoms with E-state index >= 15 is 0 Å². The predicted octanol–water partition coefficient (Wildman–Crippen LogP) is 1.07. The molecule has 8 nitrogen and oxygen atoms in total. The molecule has 27 heavy (non-hydrogen) atoms. The molecule has 1 atom stereocenters. The van der Waals surface area contributed by atoms with E-state index in [1.54, 1.807) is 60.7 Å². The molecule has 6 amide bonds. The fourth-order valence-electron chi connectivity index (χ4n) is 3.18. The Morgan fingerprint density at radius 1 is 1.00 bits per heavy atom. The van der Waals surface area contributed by atoms with Crippen molar-refractivity contribution in [2.45, 2.75) is 18.5 Å². The second-order valence-corrected chi connectivity index (χ2v) is 6.12. The zero-order valence-electron chi connectivity index (χ0n) is 14.5. The fourth-order valence-corrected chi connectivity index (χ4v) is 3.18. The summed E-state index contributed by atoms with van der Waals surface area (Å²) in [5.74, 6) is -1.46. The van der Waals surface area contributed by atoms with Crippen molar-refractivity contribution in [1.29, 1.82) is 0 Å². The van der Waals surface area contributed by atoms with E-state index in [1.165, 1.54) is 6.92 Å². The van der Waals surface area contributed by atoms with Crippen LogP contribution in [0.5, 0.6) is 0 Å². The Bertz CT molecular complexity index is 859. The van der Waals surface area contributed by atoms with Crippen molar-refractivity contribution < 1.29 is 19.2 Å². The molecule has 0 aliphatic carbocycles. The van der Waals surface area contributed by atoms with Gasteiger partial charge in [0.15, 0.2) is 5.54 Å². The molecule has 1 aliphatic rings. The average molecular weight is 366 g/mol. The van der Waals surface area contributed by atoms with Crippen LogP contribution in [0.25, 0.3) is 0 Å². The van der Waals surface area contributed by atoms with E-state index in [2.05, 4.69) is 5.32 Å². The molecular weight excluding hydrogens is 348 g/mol. The van der Waals surface area contributed by atoms with Crippen LogP contribution in [0.4, 0.5) is 9.59 Å². The number of benzene rings is 2. The van der Waals surface area contributed by atoms with Gasteiger partial charge >= 0.3 is 12.1 Å². The molecule has 1 aliphatic heterocycles. The molecular formula is C19H18N4O4.